The van der Waals surface area contributed by atoms with Crippen molar-refractivity contribution in [2.75, 3.05) is 13.7 Å². The Kier molecular flexibility index (Phi) is 6.94. The zero-order chi connectivity index (χ0) is 20.8. The second-order valence-corrected chi connectivity index (χ2v) is 7.33. The van der Waals surface area contributed by atoms with Crippen molar-refractivity contribution < 1.29 is 4.74 Å². The van der Waals surface area contributed by atoms with Crippen LogP contribution in [0.15, 0.2) is 58.3 Å². The summed E-state index contributed by atoms with van der Waals surface area (Å²) in [5, 5.41) is 3.99. The molecule has 5 nitrogen and oxygen atoms in total. The van der Waals surface area contributed by atoms with E-state index in [1.165, 1.54) is 5.56 Å². The van der Waals surface area contributed by atoms with Crippen LogP contribution in [-0.4, -0.2) is 29.1 Å². The van der Waals surface area contributed by atoms with Crippen molar-refractivity contribution in [3.8, 4) is 11.4 Å². The second-order valence-electron chi connectivity index (χ2n) is 6.90. The van der Waals surface area contributed by atoms with Crippen LogP contribution < -0.4 is 10.3 Å². The Hall–Kier alpha value is -2.79. The molecular formula is C23H26ClN3O2. The van der Waals surface area contributed by atoms with Gasteiger partial charge in [-0.15, -0.1) is 0 Å². The summed E-state index contributed by atoms with van der Waals surface area (Å²) in [6.45, 7) is 4.62. The summed E-state index contributed by atoms with van der Waals surface area (Å²) in [7, 11) is 1.62. The maximum Gasteiger partial charge on any atom is 0.280 e. The Labute approximate surface area is 176 Å². The van der Waals surface area contributed by atoms with Crippen molar-refractivity contribution >= 4 is 17.3 Å². The molecule has 0 atom stereocenters. The summed E-state index contributed by atoms with van der Waals surface area (Å²) in [5.41, 5.74) is 4.21. The Morgan fingerprint density at radius 2 is 1.79 bits per heavy atom. The maximum atomic E-state index is 13.1. The van der Waals surface area contributed by atoms with Gasteiger partial charge in [-0.2, -0.15) is 0 Å². The molecule has 1 heterocycles. The molecule has 0 radical (unpaired) electrons. The normalized spacial score (nSPS) is 11.7. The molecule has 0 unspecified atom stereocenters. The molecule has 0 amide bonds. The van der Waals surface area contributed by atoms with Crippen LogP contribution in [0.3, 0.4) is 0 Å². The van der Waals surface area contributed by atoms with E-state index in [0.29, 0.717) is 12.1 Å². The highest BCUT2D eigenvalue weighted by Crippen LogP contribution is 2.16. The van der Waals surface area contributed by atoms with Gasteiger partial charge in [0.05, 0.1) is 18.4 Å². The first kappa shape index (κ1) is 20.9. The molecule has 29 heavy (non-hydrogen) atoms. The largest absolute Gasteiger partial charge is 0.497 e. The van der Waals surface area contributed by atoms with E-state index in [-0.39, 0.29) is 5.56 Å². The van der Waals surface area contributed by atoms with Gasteiger partial charge in [0.25, 0.3) is 5.56 Å². The minimum atomic E-state index is -0.0774. The molecule has 3 rings (SSSR count). The third kappa shape index (κ3) is 4.98. The number of aromatic nitrogens is 2. The number of halogens is 1. The Balaban J connectivity index is 1.86. The number of benzene rings is 2. The monoisotopic (exact) mass is 411 g/mol. The highest BCUT2D eigenvalue weighted by atomic mass is 35.5. The smallest absolute Gasteiger partial charge is 0.280 e. The number of H-pyrrole nitrogens is 1. The summed E-state index contributed by atoms with van der Waals surface area (Å²) in [6, 6.07) is 15.2. The number of ether oxygens (including phenoxy) is 1. The van der Waals surface area contributed by atoms with E-state index in [0.717, 1.165) is 47.1 Å². The maximum absolute atomic E-state index is 13.1. The molecule has 152 valence electrons. The third-order valence-corrected chi connectivity index (χ3v) is 5.07. The lowest BCUT2D eigenvalue weighted by Gasteiger charge is -2.03. The lowest BCUT2D eigenvalue weighted by molar-refractivity contribution is 0.414. The number of aliphatic imine (C=N–C) groups is 1. The first-order valence-corrected chi connectivity index (χ1v) is 10.2. The minimum absolute atomic E-state index is 0.0774. The molecule has 0 saturated carbocycles. The number of rotatable bonds is 8. The van der Waals surface area contributed by atoms with Gasteiger partial charge in [-0.3, -0.25) is 14.9 Å². The molecule has 0 saturated heterocycles. The second kappa shape index (κ2) is 9.61. The van der Waals surface area contributed by atoms with Crippen LogP contribution in [-0.2, 0) is 12.8 Å². The number of aromatic amines is 1. The lowest BCUT2D eigenvalue weighted by atomic mass is 10.1. The molecule has 0 fully saturated rings. The van der Waals surface area contributed by atoms with Crippen LogP contribution in [0.4, 0.5) is 0 Å². The highest BCUT2D eigenvalue weighted by Gasteiger charge is 2.17. The molecular weight excluding hydrogens is 386 g/mol. The van der Waals surface area contributed by atoms with Crippen LogP contribution in [0, 0.1) is 0 Å². The van der Waals surface area contributed by atoms with E-state index in [9.17, 15) is 4.79 Å². The van der Waals surface area contributed by atoms with Crippen molar-refractivity contribution in [3.63, 3.8) is 0 Å². The Morgan fingerprint density at radius 1 is 1.10 bits per heavy atom. The average molecular weight is 412 g/mol. The standard InChI is InChI=1S/C23H26ClN3O2/c1-4-5-21-22(16(2)25-15-14-17-6-8-18(24)9-7-17)23(28)27(26-21)19-10-12-20(29-3)13-11-19/h6-13,26H,4-5,14-15H2,1-3H3. The summed E-state index contributed by atoms with van der Waals surface area (Å²) in [4.78, 5) is 17.8. The number of aryl methyl sites for hydroxylation is 1. The highest BCUT2D eigenvalue weighted by molar-refractivity contribution is 6.30. The molecule has 1 N–H and O–H groups in total. The number of hydrogen-bond donors (Lipinski definition) is 1. The van der Waals surface area contributed by atoms with Crippen LogP contribution in [0.1, 0.15) is 37.1 Å². The first-order valence-electron chi connectivity index (χ1n) is 9.77. The molecule has 0 aliphatic rings. The topological polar surface area (TPSA) is 59.4 Å². The van der Waals surface area contributed by atoms with Gasteiger partial charge in [0.1, 0.15) is 5.75 Å². The SMILES string of the molecule is CCCc1[nH]n(-c2ccc(OC)cc2)c(=O)c1C(C)=NCCc1ccc(Cl)cc1. The van der Waals surface area contributed by atoms with E-state index >= 15 is 0 Å². The fourth-order valence-corrected chi connectivity index (χ4v) is 3.41. The van der Waals surface area contributed by atoms with E-state index < -0.39 is 0 Å². The van der Waals surface area contributed by atoms with Crippen molar-refractivity contribution in [2.24, 2.45) is 4.99 Å². The van der Waals surface area contributed by atoms with Crippen LogP contribution in [0.5, 0.6) is 5.75 Å². The van der Waals surface area contributed by atoms with Crippen molar-refractivity contribution in [2.45, 2.75) is 33.1 Å². The molecule has 6 heteroatoms. The van der Waals surface area contributed by atoms with Crippen molar-refractivity contribution in [1.82, 2.24) is 9.78 Å². The van der Waals surface area contributed by atoms with Gasteiger partial charge < -0.3 is 4.74 Å². The fourth-order valence-electron chi connectivity index (χ4n) is 3.28. The molecule has 0 aliphatic heterocycles. The molecule has 2 aromatic carbocycles. The third-order valence-electron chi connectivity index (χ3n) is 4.82. The summed E-state index contributed by atoms with van der Waals surface area (Å²) in [6.07, 6.45) is 2.53. The van der Waals surface area contributed by atoms with Crippen LogP contribution in [0.2, 0.25) is 5.02 Å². The minimum Gasteiger partial charge on any atom is -0.497 e. The fraction of sp³-hybridized carbons (Fsp3) is 0.304. The number of nitrogens with zero attached hydrogens (tertiary/aromatic N) is 2. The molecule has 0 spiro atoms. The predicted molar refractivity (Wildman–Crippen MR) is 119 cm³/mol. The zero-order valence-corrected chi connectivity index (χ0v) is 17.8. The van der Waals surface area contributed by atoms with Crippen molar-refractivity contribution in [1.29, 1.82) is 0 Å². The summed E-state index contributed by atoms with van der Waals surface area (Å²) >= 11 is 5.94. The van der Waals surface area contributed by atoms with Gasteiger partial charge in [-0.25, -0.2) is 4.68 Å². The molecule has 3 aromatic rings. The van der Waals surface area contributed by atoms with Crippen LogP contribution in [0.25, 0.3) is 5.69 Å². The number of methoxy groups -OCH3 is 1. The predicted octanol–water partition coefficient (Wildman–Crippen LogP) is 4.83. The van der Waals surface area contributed by atoms with Gasteiger partial charge in [0.15, 0.2) is 0 Å². The quantitative estimate of drug-likeness (QED) is 0.539. The van der Waals surface area contributed by atoms with Gasteiger partial charge in [0, 0.05) is 23.0 Å². The summed E-state index contributed by atoms with van der Waals surface area (Å²) in [5.74, 6) is 0.752. The van der Waals surface area contributed by atoms with Gasteiger partial charge in [0.2, 0.25) is 0 Å². The summed E-state index contributed by atoms with van der Waals surface area (Å²) < 4.78 is 6.79. The van der Waals surface area contributed by atoms with E-state index in [1.807, 2.05) is 55.5 Å². The molecule has 0 bridgehead atoms. The molecule has 0 aliphatic carbocycles. The number of hydrogen-bond acceptors (Lipinski definition) is 3. The molecule has 1 aromatic heterocycles. The van der Waals surface area contributed by atoms with Gasteiger partial charge in [-0.1, -0.05) is 37.1 Å². The average Bonchev–Trinajstić information content (AvgIpc) is 3.05. The van der Waals surface area contributed by atoms with E-state index in [4.69, 9.17) is 16.3 Å². The van der Waals surface area contributed by atoms with Gasteiger partial charge in [-0.05, 0) is 61.7 Å². The zero-order valence-electron chi connectivity index (χ0n) is 17.0. The Bertz CT molecular complexity index is 1030. The first-order chi connectivity index (χ1) is 14.0. The van der Waals surface area contributed by atoms with E-state index in [2.05, 4.69) is 17.0 Å². The van der Waals surface area contributed by atoms with Crippen LogP contribution >= 0.6 is 11.6 Å². The van der Waals surface area contributed by atoms with E-state index in [1.54, 1.807) is 11.8 Å². The van der Waals surface area contributed by atoms with Gasteiger partial charge >= 0.3 is 0 Å². The lowest BCUT2D eigenvalue weighted by Crippen LogP contribution is -2.20. The number of nitrogens with one attached hydrogen (secondary N) is 1. The van der Waals surface area contributed by atoms with Crippen molar-refractivity contribution in [3.05, 3.63) is 80.7 Å². The Morgan fingerprint density at radius 3 is 2.41 bits per heavy atom.